The van der Waals surface area contributed by atoms with E-state index in [1.165, 1.54) is 18.4 Å². The molecule has 1 aliphatic heterocycles. The van der Waals surface area contributed by atoms with E-state index in [-0.39, 0.29) is 18.3 Å². The lowest BCUT2D eigenvalue weighted by Gasteiger charge is -2.40. The lowest BCUT2D eigenvalue weighted by atomic mass is 9.74. The molecule has 0 bridgehead atoms. The second-order valence-electron chi connectivity index (χ2n) is 6.42. The van der Waals surface area contributed by atoms with Crippen molar-refractivity contribution in [3.05, 3.63) is 35.4 Å². The summed E-state index contributed by atoms with van der Waals surface area (Å²) >= 11 is 0. The summed E-state index contributed by atoms with van der Waals surface area (Å²) in [5.41, 5.74) is 3.46. The SMILES string of the molecule is CC(C)C(=O)N1CCC2(CCc3ccccc32)CC1.Cl. The predicted octanol–water partition coefficient (Wildman–Crippen LogP) is 3.57. The first-order chi connectivity index (χ1) is 9.12. The topological polar surface area (TPSA) is 20.3 Å². The molecule has 1 spiro atoms. The number of piperidine rings is 1. The average molecular weight is 294 g/mol. The summed E-state index contributed by atoms with van der Waals surface area (Å²) in [4.78, 5) is 14.1. The second kappa shape index (κ2) is 5.77. The lowest BCUT2D eigenvalue weighted by Crippen LogP contribution is -2.45. The van der Waals surface area contributed by atoms with Crippen LogP contribution in [-0.2, 0) is 16.6 Å². The number of carbonyl (C=O) groups excluding carboxylic acids is 1. The van der Waals surface area contributed by atoms with Crippen molar-refractivity contribution in [2.75, 3.05) is 13.1 Å². The van der Waals surface area contributed by atoms with Crippen LogP contribution in [0, 0.1) is 5.92 Å². The third-order valence-corrected chi connectivity index (χ3v) is 4.99. The number of halogens is 1. The van der Waals surface area contributed by atoms with Gasteiger partial charge in [0, 0.05) is 19.0 Å². The van der Waals surface area contributed by atoms with Crippen molar-refractivity contribution in [2.45, 2.75) is 44.9 Å². The molecule has 3 rings (SSSR count). The molecule has 0 atom stereocenters. The molecule has 1 heterocycles. The van der Waals surface area contributed by atoms with Crippen molar-refractivity contribution in [3.8, 4) is 0 Å². The fourth-order valence-electron chi connectivity index (χ4n) is 3.80. The van der Waals surface area contributed by atoms with E-state index in [0.29, 0.717) is 11.3 Å². The highest BCUT2D eigenvalue weighted by molar-refractivity contribution is 5.85. The monoisotopic (exact) mass is 293 g/mol. The van der Waals surface area contributed by atoms with Crippen LogP contribution in [0.4, 0.5) is 0 Å². The maximum absolute atomic E-state index is 12.1. The van der Waals surface area contributed by atoms with E-state index in [2.05, 4.69) is 29.2 Å². The molecule has 1 aliphatic carbocycles. The van der Waals surface area contributed by atoms with Crippen LogP contribution in [0.3, 0.4) is 0 Å². The Morgan fingerprint density at radius 1 is 1.15 bits per heavy atom. The van der Waals surface area contributed by atoms with E-state index >= 15 is 0 Å². The van der Waals surface area contributed by atoms with Gasteiger partial charge in [-0.25, -0.2) is 0 Å². The Bertz CT molecular complexity index is 490. The summed E-state index contributed by atoms with van der Waals surface area (Å²) in [5, 5.41) is 0. The number of hydrogen-bond donors (Lipinski definition) is 0. The number of nitrogens with zero attached hydrogens (tertiary/aromatic N) is 1. The zero-order valence-electron chi connectivity index (χ0n) is 12.4. The molecule has 20 heavy (non-hydrogen) atoms. The molecule has 2 nitrogen and oxygen atoms in total. The zero-order valence-corrected chi connectivity index (χ0v) is 13.2. The van der Waals surface area contributed by atoms with E-state index in [1.54, 1.807) is 5.56 Å². The molecule has 1 fully saturated rings. The largest absolute Gasteiger partial charge is 0.342 e. The van der Waals surface area contributed by atoms with Crippen LogP contribution < -0.4 is 0 Å². The van der Waals surface area contributed by atoms with Gasteiger partial charge in [0.05, 0.1) is 0 Å². The number of hydrogen-bond acceptors (Lipinski definition) is 1. The van der Waals surface area contributed by atoms with E-state index in [0.717, 1.165) is 25.9 Å². The number of carbonyl (C=O) groups is 1. The van der Waals surface area contributed by atoms with Gasteiger partial charge in [0.1, 0.15) is 0 Å². The van der Waals surface area contributed by atoms with Crippen LogP contribution in [0.5, 0.6) is 0 Å². The van der Waals surface area contributed by atoms with Gasteiger partial charge in [0.15, 0.2) is 0 Å². The van der Waals surface area contributed by atoms with Crippen molar-refractivity contribution in [3.63, 3.8) is 0 Å². The fraction of sp³-hybridized carbons (Fsp3) is 0.588. The molecule has 0 radical (unpaired) electrons. The Kier molecular flexibility index (Phi) is 4.43. The minimum atomic E-state index is 0. The molecule has 1 amide bonds. The molecule has 2 aliphatic rings. The molecule has 1 saturated heterocycles. The van der Waals surface area contributed by atoms with Crippen LogP contribution >= 0.6 is 12.4 Å². The first kappa shape index (κ1) is 15.4. The standard InChI is InChI=1S/C17H23NO.ClH/c1-13(2)16(19)18-11-9-17(10-12-18)8-7-14-5-3-4-6-15(14)17;/h3-6,13H,7-12H2,1-2H3;1H. The number of likely N-dealkylation sites (tertiary alicyclic amines) is 1. The van der Waals surface area contributed by atoms with E-state index in [1.807, 2.05) is 13.8 Å². The molecule has 0 aromatic heterocycles. The third kappa shape index (κ3) is 2.46. The summed E-state index contributed by atoms with van der Waals surface area (Å²) < 4.78 is 0. The number of rotatable bonds is 1. The predicted molar refractivity (Wildman–Crippen MR) is 84.3 cm³/mol. The summed E-state index contributed by atoms with van der Waals surface area (Å²) in [6.07, 6.45) is 4.77. The maximum atomic E-state index is 12.1. The van der Waals surface area contributed by atoms with Gasteiger partial charge < -0.3 is 4.90 Å². The van der Waals surface area contributed by atoms with Crippen molar-refractivity contribution < 1.29 is 4.79 Å². The van der Waals surface area contributed by atoms with Gasteiger partial charge in [0.2, 0.25) is 5.91 Å². The van der Waals surface area contributed by atoms with Gasteiger partial charge in [-0.2, -0.15) is 0 Å². The van der Waals surface area contributed by atoms with Crippen molar-refractivity contribution in [1.82, 2.24) is 4.90 Å². The smallest absolute Gasteiger partial charge is 0.225 e. The van der Waals surface area contributed by atoms with Crippen molar-refractivity contribution in [1.29, 1.82) is 0 Å². The highest BCUT2D eigenvalue weighted by atomic mass is 35.5. The third-order valence-electron chi connectivity index (χ3n) is 4.99. The Morgan fingerprint density at radius 2 is 1.80 bits per heavy atom. The van der Waals surface area contributed by atoms with E-state index in [4.69, 9.17) is 0 Å². The first-order valence-corrected chi connectivity index (χ1v) is 7.50. The van der Waals surface area contributed by atoms with Gasteiger partial charge >= 0.3 is 0 Å². The Morgan fingerprint density at radius 3 is 2.45 bits per heavy atom. The van der Waals surface area contributed by atoms with Crippen LogP contribution in [-0.4, -0.2) is 23.9 Å². The molecular formula is C17H24ClNO. The van der Waals surface area contributed by atoms with Crippen LogP contribution in [0.1, 0.15) is 44.2 Å². The molecule has 1 aromatic rings. The Labute approximate surface area is 128 Å². The minimum absolute atomic E-state index is 0. The van der Waals surface area contributed by atoms with Gasteiger partial charge in [-0.1, -0.05) is 38.1 Å². The van der Waals surface area contributed by atoms with Crippen LogP contribution in [0.15, 0.2) is 24.3 Å². The molecule has 0 unspecified atom stereocenters. The minimum Gasteiger partial charge on any atom is -0.342 e. The van der Waals surface area contributed by atoms with E-state index in [9.17, 15) is 4.79 Å². The average Bonchev–Trinajstić information content (AvgIpc) is 2.78. The zero-order chi connectivity index (χ0) is 13.5. The quantitative estimate of drug-likeness (QED) is 0.775. The van der Waals surface area contributed by atoms with Crippen LogP contribution in [0.25, 0.3) is 0 Å². The molecule has 3 heteroatoms. The van der Waals surface area contributed by atoms with Crippen molar-refractivity contribution >= 4 is 18.3 Å². The highest BCUT2D eigenvalue weighted by Gasteiger charge is 2.41. The summed E-state index contributed by atoms with van der Waals surface area (Å²) in [5.74, 6) is 0.450. The van der Waals surface area contributed by atoms with E-state index < -0.39 is 0 Å². The normalized spacial score (nSPS) is 19.9. The van der Waals surface area contributed by atoms with Crippen molar-refractivity contribution in [2.24, 2.45) is 5.92 Å². The molecule has 110 valence electrons. The lowest BCUT2D eigenvalue weighted by molar-refractivity contribution is -0.136. The number of benzene rings is 1. The fourth-order valence-corrected chi connectivity index (χ4v) is 3.80. The van der Waals surface area contributed by atoms with Gasteiger partial charge in [-0.3, -0.25) is 4.79 Å². The van der Waals surface area contributed by atoms with Crippen LogP contribution in [0.2, 0.25) is 0 Å². The number of aryl methyl sites for hydroxylation is 1. The first-order valence-electron chi connectivity index (χ1n) is 7.50. The second-order valence-corrected chi connectivity index (χ2v) is 6.42. The summed E-state index contributed by atoms with van der Waals surface area (Å²) in [6, 6.07) is 8.89. The molecular weight excluding hydrogens is 270 g/mol. The number of fused-ring (bicyclic) bond motifs is 2. The number of amides is 1. The summed E-state index contributed by atoms with van der Waals surface area (Å²) in [6.45, 7) is 5.87. The molecule has 1 aromatic carbocycles. The van der Waals surface area contributed by atoms with Gasteiger partial charge in [0.25, 0.3) is 0 Å². The maximum Gasteiger partial charge on any atom is 0.225 e. The van der Waals surface area contributed by atoms with Gasteiger partial charge in [-0.15, -0.1) is 12.4 Å². The molecule has 0 N–H and O–H groups in total. The van der Waals surface area contributed by atoms with Gasteiger partial charge in [-0.05, 0) is 42.2 Å². The molecule has 0 saturated carbocycles. The highest BCUT2D eigenvalue weighted by Crippen LogP contribution is 2.46. The summed E-state index contributed by atoms with van der Waals surface area (Å²) in [7, 11) is 0. The Hall–Kier alpha value is -1.02. The Balaban J connectivity index is 0.00000147.